The maximum atomic E-state index is 6.26. The third-order valence-corrected chi connectivity index (χ3v) is 6.73. The van der Waals surface area contributed by atoms with E-state index < -0.39 is 0 Å². The fraction of sp³-hybridized carbons (Fsp3) is 0.235. The maximum Gasteiger partial charge on any atom is 0.0946 e. The molecule has 1 atom stereocenters. The first-order valence-corrected chi connectivity index (χ1v) is 9.82. The Labute approximate surface area is 154 Å². The molecule has 0 aliphatic heterocycles. The van der Waals surface area contributed by atoms with Gasteiger partial charge < -0.3 is 4.57 Å². The summed E-state index contributed by atoms with van der Waals surface area (Å²) < 4.78 is 3.31. The lowest BCUT2D eigenvalue weighted by molar-refractivity contribution is 0.624. The Bertz CT molecular complexity index is 723. The van der Waals surface area contributed by atoms with Gasteiger partial charge in [0.15, 0.2) is 0 Å². The molecule has 2 nitrogen and oxygen atoms in total. The van der Waals surface area contributed by atoms with Crippen molar-refractivity contribution in [1.82, 2.24) is 9.55 Å². The van der Waals surface area contributed by atoms with Crippen LogP contribution in [0.3, 0.4) is 0 Å². The number of aryl methyl sites for hydroxylation is 1. The van der Waals surface area contributed by atoms with Crippen LogP contribution in [0.5, 0.6) is 0 Å². The molecule has 0 bridgehead atoms. The van der Waals surface area contributed by atoms with E-state index in [1.807, 2.05) is 54.1 Å². The van der Waals surface area contributed by atoms with Crippen LogP contribution in [0.2, 0.25) is 10.0 Å². The second kappa shape index (κ2) is 8.25. The third-order valence-electron chi connectivity index (χ3n) is 3.50. The molecular formula is C17H16Cl2N2S2. The van der Waals surface area contributed by atoms with Gasteiger partial charge >= 0.3 is 0 Å². The second-order valence-corrected chi connectivity index (χ2v) is 8.55. The molecule has 6 heteroatoms. The molecule has 1 unspecified atom stereocenters. The molecule has 3 aromatic rings. The van der Waals surface area contributed by atoms with Gasteiger partial charge in [0, 0.05) is 29.2 Å². The van der Waals surface area contributed by atoms with Crippen molar-refractivity contribution < 1.29 is 0 Å². The molecule has 0 radical (unpaired) electrons. The SMILES string of the molecule is Clc1ccc(CCC(Cn2ccnc2)Sc2sccc2Cl)cc1. The summed E-state index contributed by atoms with van der Waals surface area (Å²) in [5, 5.41) is 4.11. The summed E-state index contributed by atoms with van der Waals surface area (Å²) in [7, 11) is 0. The van der Waals surface area contributed by atoms with E-state index >= 15 is 0 Å². The Morgan fingerprint density at radius 3 is 2.65 bits per heavy atom. The van der Waals surface area contributed by atoms with Crippen molar-refractivity contribution in [2.45, 2.75) is 28.8 Å². The molecular weight excluding hydrogens is 367 g/mol. The van der Waals surface area contributed by atoms with Crippen molar-refractivity contribution in [2.75, 3.05) is 0 Å². The zero-order valence-electron chi connectivity index (χ0n) is 12.4. The number of hydrogen-bond donors (Lipinski definition) is 0. The Kier molecular flexibility index (Phi) is 6.06. The van der Waals surface area contributed by atoms with E-state index in [-0.39, 0.29) is 0 Å². The molecule has 23 heavy (non-hydrogen) atoms. The number of aromatic nitrogens is 2. The van der Waals surface area contributed by atoms with Gasteiger partial charge in [-0.25, -0.2) is 4.98 Å². The average molecular weight is 383 g/mol. The third kappa shape index (κ3) is 5.01. The lowest BCUT2D eigenvalue weighted by atomic mass is 10.1. The van der Waals surface area contributed by atoms with E-state index in [0.29, 0.717) is 5.25 Å². The minimum atomic E-state index is 0.441. The molecule has 2 heterocycles. The molecule has 0 amide bonds. The second-order valence-electron chi connectivity index (χ2n) is 5.22. The van der Waals surface area contributed by atoms with Gasteiger partial charge in [0.1, 0.15) is 0 Å². The highest BCUT2D eigenvalue weighted by Crippen LogP contribution is 2.37. The van der Waals surface area contributed by atoms with Gasteiger partial charge in [0.25, 0.3) is 0 Å². The van der Waals surface area contributed by atoms with Crippen molar-refractivity contribution in [3.05, 3.63) is 70.0 Å². The number of imidazole rings is 1. The molecule has 0 saturated carbocycles. The van der Waals surface area contributed by atoms with Crippen LogP contribution in [0.1, 0.15) is 12.0 Å². The van der Waals surface area contributed by atoms with Crippen molar-refractivity contribution in [3.63, 3.8) is 0 Å². The molecule has 0 N–H and O–H groups in total. The van der Waals surface area contributed by atoms with Gasteiger partial charge in [0.2, 0.25) is 0 Å². The summed E-state index contributed by atoms with van der Waals surface area (Å²) in [4.78, 5) is 4.13. The fourth-order valence-electron chi connectivity index (χ4n) is 2.31. The minimum absolute atomic E-state index is 0.441. The highest BCUT2D eigenvalue weighted by Gasteiger charge is 2.15. The van der Waals surface area contributed by atoms with E-state index in [2.05, 4.69) is 21.7 Å². The van der Waals surface area contributed by atoms with Crippen LogP contribution in [0.15, 0.2) is 58.6 Å². The zero-order chi connectivity index (χ0) is 16.1. The van der Waals surface area contributed by atoms with E-state index in [9.17, 15) is 0 Å². The lowest BCUT2D eigenvalue weighted by Gasteiger charge is -2.17. The van der Waals surface area contributed by atoms with Crippen LogP contribution >= 0.6 is 46.3 Å². The molecule has 0 aliphatic rings. The quantitative estimate of drug-likeness (QED) is 0.463. The smallest absolute Gasteiger partial charge is 0.0946 e. The highest BCUT2D eigenvalue weighted by molar-refractivity contribution is 8.01. The van der Waals surface area contributed by atoms with Gasteiger partial charge in [-0.2, -0.15) is 0 Å². The summed E-state index contributed by atoms with van der Waals surface area (Å²) in [5.74, 6) is 0. The summed E-state index contributed by atoms with van der Waals surface area (Å²) in [6.45, 7) is 0.923. The van der Waals surface area contributed by atoms with E-state index in [4.69, 9.17) is 23.2 Å². The number of benzene rings is 1. The fourth-order valence-corrected chi connectivity index (χ4v) is 5.11. The lowest BCUT2D eigenvalue weighted by Crippen LogP contribution is -2.13. The summed E-state index contributed by atoms with van der Waals surface area (Å²) >= 11 is 15.8. The topological polar surface area (TPSA) is 17.8 Å². The summed E-state index contributed by atoms with van der Waals surface area (Å²) in [5.41, 5.74) is 1.31. The highest BCUT2D eigenvalue weighted by atomic mass is 35.5. The van der Waals surface area contributed by atoms with Crippen molar-refractivity contribution in [1.29, 1.82) is 0 Å². The average Bonchev–Trinajstić information content (AvgIpc) is 3.19. The van der Waals surface area contributed by atoms with Gasteiger partial charge in [-0.1, -0.05) is 35.3 Å². The normalized spacial score (nSPS) is 12.4. The predicted octanol–water partition coefficient (Wildman–Crippen LogP) is 6.05. The number of nitrogens with zero attached hydrogens (tertiary/aromatic N) is 2. The summed E-state index contributed by atoms with van der Waals surface area (Å²) in [6.07, 6.45) is 7.78. The molecule has 1 aromatic carbocycles. The van der Waals surface area contributed by atoms with Crippen LogP contribution in [0.25, 0.3) is 0 Å². The van der Waals surface area contributed by atoms with Crippen LogP contribution < -0.4 is 0 Å². The van der Waals surface area contributed by atoms with Crippen LogP contribution in [0.4, 0.5) is 0 Å². The van der Waals surface area contributed by atoms with Crippen molar-refractivity contribution in [2.24, 2.45) is 0 Å². The molecule has 3 rings (SSSR count). The van der Waals surface area contributed by atoms with Crippen molar-refractivity contribution in [3.8, 4) is 0 Å². The van der Waals surface area contributed by atoms with Crippen LogP contribution in [-0.4, -0.2) is 14.8 Å². The molecule has 0 aliphatic carbocycles. The van der Waals surface area contributed by atoms with Crippen LogP contribution in [-0.2, 0) is 13.0 Å². The van der Waals surface area contributed by atoms with Gasteiger partial charge in [0.05, 0.1) is 15.6 Å². The standard InChI is InChI=1S/C17H16Cl2N2S2/c18-14-4-1-13(2-5-14)3-6-15(11-21-9-8-20-12-21)23-17-16(19)7-10-22-17/h1-2,4-5,7-10,12,15H,3,6,11H2. The Hall–Kier alpha value is -0.940. The Balaban J connectivity index is 1.66. The van der Waals surface area contributed by atoms with E-state index in [1.165, 1.54) is 9.77 Å². The van der Waals surface area contributed by atoms with Gasteiger partial charge in [-0.05, 0) is 42.0 Å². The first-order valence-electron chi connectivity index (χ1n) is 7.30. The maximum absolute atomic E-state index is 6.26. The Morgan fingerprint density at radius 1 is 1.17 bits per heavy atom. The number of rotatable bonds is 7. The predicted molar refractivity (Wildman–Crippen MR) is 101 cm³/mol. The van der Waals surface area contributed by atoms with E-state index in [1.54, 1.807) is 11.3 Å². The summed E-state index contributed by atoms with van der Waals surface area (Å²) in [6, 6.07) is 10.1. The first-order chi connectivity index (χ1) is 11.2. The zero-order valence-corrected chi connectivity index (χ0v) is 15.5. The molecule has 2 aromatic heterocycles. The number of halogens is 2. The van der Waals surface area contributed by atoms with E-state index in [0.717, 1.165) is 29.4 Å². The van der Waals surface area contributed by atoms with Crippen LogP contribution in [0, 0.1) is 0 Å². The molecule has 0 saturated heterocycles. The monoisotopic (exact) mass is 382 g/mol. The number of thiophene rings is 1. The Morgan fingerprint density at radius 2 is 2.00 bits per heavy atom. The van der Waals surface area contributed by atoms with Gasteiger partial charge in [-0.15, -0.1) is 23.1 Å². The molecule has 0 fully saturated rings. The van der Waals surface area contributed by atoms with Crippen molar-refractivity contribution >= 4 is 46.3 Å². The largest absolute Gasteiger partial charge is 0.336 e. The molecule has 120 valence electrons. The number of thioether (sulfide) groups is 1. The minimum Gasteiger partial charge on any atom is -0.336 e. The molecule has 0 spiro atoms. The first kappa shape index (κ1) is 16.9. The van der Waals surface area contributed by atoms with Gasteiger partial charge in [-0.3, -0.25) is 0 Å². The number of hydrogen-bond acceptors (Lipinski definition) is 3.